The van der Waals surface area contributed by atoms with Crippen LogP contribution < -0.4 is 16.2 Å². The van der Waals surface area contributed by atoms with Crippen molar-refractivity contribution in [1.82, 2.24) is 15.1 Å². The van der Waals surface area contributed by atoms with E-state index in [1.165, 1.54) is 12.1 Å². The average Bonchev–Trinajstić information content (AvgIpc) is 2.56. The highest BCUT2D eigenvalue weighted by Crippen LogP contribution is 2.09. The molecule has 0 aliphatic carbocycles. The standard InChI is InChI=1S/C17H20N4O3/c1-3-18-15(22)10-11-21-16(23)9-8-14(20-21)17(24)19-13-6-4-12(2)5-7-13/h4-9H,3,10-11H2,1-2H3,(H,18,22)(H,19,24). The molecule has 24 heavy (non-hydrogen) atoms. The molecule has 2 amide bonds. The first-order valence-electron chi connectivity index (χ1n) is 7.72. The summed E-state index contributed by atoms with van der Waals surface area (Å²) in [4.78, 5) is 35.5. The van der Waals surface area contributed by atoms with E-state index in [1.807, 2.05) is 26.0 Å². The van der Waals surface area contributed by atoms with Crippen LogP contribution in [0.1, 0.15) is 29.4 Å². The van der Waals surface area contributed by atoms with Crippen LogP contribution in [0.5, 0.6) is 0 Å². The first kappa shape index (κ1) is 17.4. The van der Waals surface area contributed by atoms with Gasteiger partial charge in [0.05, 0.1) is 6.54 Å². The smallest absolute Gasteiger partial charge is 0.276 e. The van der Waals surface area contributed by atoms with Crippen LogP contribution in [0.25, 0.3) is 0 Å². The third-order valence-electron chi connectivity index (χ3n) is 3.33. The third kappa shape index (κ3) is 4.77. The van der Waals surface area contributed by atoms with Gasteiger partial charge in [0, 0.05) is 24.7 Å². The van der Waals surface area contributed by atoms with Gasteiger partial charge < -0.3 is 10.6 Å². The second-order valence-electron chi connectivity index (χ2n) is 5.30. The Balaban J connectivity index is 2.08. The van der Waals surface area contributed by atoms with Crippen LogP contribution in [0.4, 0.5) is 5.69 Å². The number of hydrogen-bond acceptors (Lipinski definition) is 4. The molecule has 0 bridgehead atoms. The quantitative estimate of drug-likeness (QED) is 0.836. The molecular formula is C17H20N4O3. The van der Waals surface area contributed by atoms with Gasteiger partial charge in [0.25, 0.3) is 11.5 Å². The minimum atomic E-state index is -0.411. The number of aromatic nitrogens is 2. The normalized spacial score (nSPS) is 10.2. The Morgan fingerprint density at radius 1 is 1.12 bits per heavy atom. The molecule has 0 spiro atoms. The van der Waals surface area contributed by atoms with E-state index in [2.05, 4.69) is 15.7 Å². The Hall–Kier alpha value is -2.96. The summed E-state index contributed by atoms with van der Waals surface area (Å²) in [5, 5.41) is 9.40. The molecule has 2 aromatic rings. The van der Waals surface area contributed by atoms with Crippen molar-refractivity contribution in [3.63, 3.8) is 0 Å². The van der Waals surface area contributed by atoms with Crippen LogP contribution in [-0.4, -0.2) is 28.1 Å². The molecule has 2 rings (SSSR count). The third-order valence-corrected chi connectivity index (χ3v) is 3.33. The topological polar surface area (TPSA) is 93.1 Å². The van der Waals surface area contributed by atoms with Gasteiger partial charge in [-0.05, 0) is 32.0 Å². The summed E-state index contributed by atoms with van der Waals surface area (Å²) in [6, 6.07) is 9.99. The maximum Gasteiger partial charge on any atom is 0.276 e. The first-order valence-corrected chi connectivity index (χ1v) is 7.72. The molecule has 7 heteroatoms. The fourth-order valence-corrected chi connectivity index (χ4v) is 2.06. The van der Waals surface area contributed by atoms with Crippen LogP contribution >= 0.6 is 0 Å². The number of carbonyl (C=O) groups excluding carboxylic acids is 2. The summed E-state index contributed by atoms with van der Waals surface area (Å²) in [6.45, 7) is 4.42. The predicted octanol–water partition coefficient (Wildman–Crippen LogP) is 1.33. The molecule has 0 radical (unpaired) electrons. The summed E-state index contributed by atoms with van der Waals surface area (Å²) in [7, 11) is 0. The van der Waals surface area contributed by atoms with E-state index in [4.69, 9.17) is 0 Å². The van der Waals surface area contributed by atoms with Gasteiger partial charge in [0.15, 0.2) is 0 Å². The average molecular weight is 328 g/mol. The maximum atomic E-state index is 12.2. The van der Waals surface area contributed by atoms with Crippen molar-refractivity contribution in [2.75, 3.05) is 11.9 Å². The zero-order valence-electron chi connectivity index (χ0n) is 13.7. The molecule has 0 saturated heterocycles. The number of carbonyl (C=O) groups is 2. The van der Waals surface area contributed by atoms with Crippen molar-refractivity contribution in [1.29, 1.82) is 0 Å². The Bertz CT molecular complexity index is 781. The Labute approximate surface area is 139 Å². The molecule has 1 aromatic heterocycles. The Morgan fingerprint density at radius 2 is 1.83 bits per heavy atom. The number of benzene rings is 1. The molecule has 0 unspecified atom stereocenters. The zero-order chi connectivity index (χ0) is 17.5. The summed E-state index contributed by atoms with van der Waals surface area (Å²) >= 11 is 0. The first-order chi connectivity index (χ1) is 11.5. The molecule has 0 aliphatic heterocycles. The lowest BCUT2D eigenvalue weighted by Crippen LogP contribution is -2.29. The van der Waals surface area contributed by atoms with Gasteiger partial charge in [-0.3, -0.25) is 14.4 Å². The van der Waals surface area contributed by atoms with E-state index >= 15 is 0 Å². The number of nitrogens with one attached hydrogen (secondary N) is 2. The van der Waals surface area contributed by atoms with E-state index in [-0.39, 0.29) is 30.1 Å². The monoisotopic (exact) mass is 328 g/mol. The number of aryl methyl sites for hydroxylation is 2. The Morgan fingerprint density at radius 3 is 2.50 bits per heavy atom. The molecule has 1 aromatic carbocycles. The summed E-state index contributed by atoms with van der Waals surface area (Å²) < 4.78 is 1.12. The number of anilines is 1. The highest BCUT2D eigenvalue weighted by molar-refractivity contribution is 6.02. The van der Waals surface area contributed by atoms with E-state index in [1.54, 1.807) is 12.1 Å². The van der Waals surface area contributed by atoms with Gasteiger partial charge in [0.2, 0.25) is 5.91 Å². The molecule has 2 N–H and O–H groups in total. The van der Waals surface area contributed by atoms with Crippen LogP contribution in [0, 0.1) is 6.92 Å². The van der Waals surface area contributed by atoms with Crippen molar-refractivity contribution < 1.29 is 9.59 Å². The van der Waals surface area contributed by atoms with Crippen molar-refractivity contribution in [3.8, 4) is 0 Å². The molecule has 0 saturated carbocycles. The Kier molecular flexibility index (Phi) is 5.83. The summed E-state index contributed by atoms with van der Waals surface area (Å²) in [5.41, 5.74) is 1.50. The van der Waals surface area contributed by atoms with Crippen molar-refractivity contribution >= 4 is 17.5 Å². The lowest BCUT2D eigenvalue weighted by Gasteiger charge is -2.08. The lowest BCUT2D eigenvalue weighted by molar-refractivity contribution is -0.121. The molecule has 1 heterocycles. The SMILES string of the molecule is CCNC(=O)CCn1nc(C(=O)Nc2ccc(C)cc2)ccc1=O. The van der Waals surface area contributed by atoms with Gasteiger partial charge >= 0.3 is 0 Å². The van der Waals surface area contributed by atoms with Crippen molar-refractivity contribution in [2.45, 2.75) is 26.8 Å². The van der Waals surface area contributed by atoms with Crippen molar-refractivity contribution in [2.24, 2.45) is 0 Å². The van der Waals surface area contributed by atoms with Crippen LogP contribution in [-0.2, 0) is 11.3 Å². The minimum absolute atomic E-state index is 0.117. The second kappa shape index (κ2) is 8.05. The lowest BCUT2D eigenvalue weighted by atomic mass is 10.2. The zero-order valence-corrected chi connectivity index (χ0v) is 13.7. The molecule has 7 nitrogen and oxygen atoms in total. The van der Waals surface area contributed by atoms with Gasteiger partial charge in [-0.15, -0.1) is 0 Å². The van der Waals surface area contributed by atoms with Crippen LogP contribution in [0.15, 0.2) is 41.2 Å². The summed E-state index contributed by atoms with van der Waals surface area (Å²) in [5.74, 6) is -0.577. The second-order valence-corrected chi connectivity index (χ2v) is 5.30. The van der Waals surface area contributed by atoms with E-state index in [0.717, 1.165) is 10.2 Å². The minimum Gasteiger partial charge on any atom is -0.356 e. The van der Waals surface area contributed by atoms with E-state index in [9.17, 15) is 14.4 Å². The highest BCUT2D eigenvalue weighted by Gasteiger charge is 2.11. The summed E-state index contributed by atoms with van der Waals surface area (Å²) in [6.07, 6.45) is 0.129. The number of hydrogen-bond donors (Lipinski definition) is 2. The predicted molar refractivity (Wildman–Crippen MR) is 90.9 cm³/mol. The number of amides is 2. The van der Waals surface area contributed by atoms with Crippen LogP contribution in [0.2, 0.25) is 0 Å². The maximum absolute atomic E-state index is 12.2. The van der Waals surface area contributed by atoms with Gasteiger partial charge in [-0.25, -0.2) is 4.68 Å². The fourth-order valence-electron chi connectivity index (χ4n) is 2.06. The molecule has 0 aliphatic rings. The van der Waals surface area contributed by atoms with Gasteiger partial charge in [0.1, 0.15) is 5.69 Å². The molecule has 126 valence electrons. The van der Waals surface area contributed by atoms with E-state index in [0.29, 0.717) is 12.2 Å². The fraction of sp³-hybridized carbons (Fsp3) is 0.294. The van der Waals surface area contributed by atoms with Crippen LogP contribution in [0.3, 0.4) is 0 Å². The molecular weight excluding hydrogens is 308 g/mol. The largest absolute Gasteiger partial charge is 0.356 e. The van der Waals surface area contributed by atoms with Gasteiger partial charge in [-0.2, -0.15) is 5.10 Å². The highest BCUT2D eigenvalue weighted by atomic mass is 16.2. The number of nitrogens with zero attached hydrogens (tertiary/aromatic N) is 2. The van der Waals surface area contributed by atoms with Gasteiger partial charge in [-0.1, -0.05) is 17.7 Å². The van der Waals surface area contributed by atoms with Crippen molar-refractivity contribution in [3.05, 3.63) is 58.0 Å². The molecule has 0 fully saturated rings. The van der Waals surface area contributed by atoms with E-state index < -0.39 is 5.91 Å². The molecule has 0 atom stereocenters. The number of rotatable bonds is 6.